The number of aliphatic imine (C=N–C) groups is 1. The summed E-state index contributed by atoms with van der Waals surface area (Å²) in [7, 11) is 0. The van der Waals surface area contributed by atoms with E-state index in [2.05, 4.69) is 28.5 Å². The van der Waals surface area contributed by atoms with Gasteiger partial charge >= 0.3 is 0 Å². The molecule has 0 bridgehead atoms. The third-order valence-electron chi connectivity index (χ3n) is 2.29. The number of rotatable bonds is 0. The minimum Gasteiger partial charge on any atom is -0.244 e. The number of allylic oxidation sites excluding steroid dienone is 1. The molecular weight excluding hydrogens is 160 g/mol. The van der Waals surface area contributed by atoms with E-state index in [1.807, 2.05) is 18.3 Å². The zero-order valence-electron chi connectivity index (χ0n) is 6.94. The Morgan fingerprint density at radius 3 is 3.00 bits per heavy atom. The van der Waals surface area contributed by atoms with E-state index >= 15 is 0 Å². The maximum atomic E-state index is 4.21. The van der Waals surface area contributed by atoms with Gasteiger partial charge in [-0.3, -0.25) is 0 Å². The normalized spacial score (nSPS) is 16.9. The highest BCUT2D eigenvalue weighted by Gasteiger charge is 2.19. The van der Waals surface area contributed by atoms with Crippen LogP contribution in [0.2, 0.25) is 0 Å². The fourth-order valence-corrected chi connectivity index (χ4v) is 1.68. The molecule has 0 aromatic heterocycles. The van der Waals surface area contributed by atoms with Crippen molar-refractivity contribution in [1.29, 1.82) is 0 Å². The van der Waals surface area contributed by atoms with Crippen molar-refractivity contribution >= 4 is 18.0 Å². The minimum atomic E-state index is 1.02. The molecule has 1 heterocycles. The molecule has 0 saturated carbocycles. The van der Waals surface area contributed by atoms with Crippen LogP contribution in [0, 0.1) is 0 Å². The number of benzene rings is 1. The molecule has 1 radical (unpaired) electrons. The van der Waals surface area contributed by atoms with E-state index < -0.39 is 0 Å². The van der Waals surface area contributed by atoms with Gasteiger partial charge in [0.15, 0.2) is 0 Å². The van der Waals surface area contributed by atoms with Gasteiger partial charge in [-0.15, -0.1) is 0 Å². The first-order chi connectivity index (χ1) is 6.45. The van der Waals surface area contributed by atoms with Crippen LogP contribution in [0.5, 0.6) is 0 Å². The zero-order valence-corrected chi connectivity index (χ0v) is 6.94. The van der Waals surface area contributed by atoms with Crippen molar-refractivity contribution in [3.63, 3.8) is 0 Å². The molecule has 3 rings (SSSR count). The molecular formula is C11H7N2. The van der Waals surface area contributed by atoms with Gasteiger partial charge in [0, 0.05) is 11.8 Å². The summed E-state index contributed by atoms with van der Waals surface area (Å²) in [6, 6.07) is 8.27. The van der Waals surface area contributed by atoms with Crippen molar-refractivity contribution < 1.29 is 0 Å². The Labute approximate surface area is 76.3 Å². The van der Waals surface area contributed by atoms with Crippen LogP contribution in [0.3, 0.4) is 0 Å². The molecule has 0 spiro atoms. The van der Waals surface area contributed by atoms with Crippen molar-refractivity contribution in [2.24, 2.45) is 4.99 Å². The van der Waals surface area contributed by atoms with E-state index in [1.165, 1.54) is 11.1 Å². The summed E-state index contributed by atoms with van der Waals surface area (Å²) in [5.41, 5.74) is 4.63. The molecule has 0 unspecified atom stereocenters. The smallest absolute Gasteiger partial charge is 0.116 e. The summed E-state index contributed by atoms with van der Waals surface area (Å²) in [6.45, 7) is 0. The van der Waals surface area contributed by atoms with Crippen LogP contribution in [-0.2, 0) is 0 Å². The van der Waals surface area contributed by atoms with Gasteiger partial charge in [0.25, 0.3) is 0 Å². The summed E-state index contributed by atoms with van der Waals surface area (Å²) < 4.78 is 0. The predicted molar refractivity (Wildman–Crippen MR) is 53.0 cm³/mol. The van der Waals surface area contributed by atoms with Crippen molar-refractivity contribution in [2.45, 2.75) is 0 Å². The first-order valence-electron chi connectivity index (χ1n) is 4.19. The standard InChI is InChI=1S/C11H7N2/c1-2-4-9-8(3-1)5-11-10(9)6-12-7-13-11/h1-7H. The van der Waals surface area contributed by atoms with Gasteiger partial charge in [-0.05, 0) is 17.2 Å². The van der Waals surface area contributed by atoms with Gasteiger partial charge in [-0.1, -0.05) is 24.3 Å². The first-order valence-corrected chi connectivity index (χ1v) is 4.19. The zero-order chi connectivity index (χ0) is 8.67. The average molecular weight is 167 g/mol. The third-order valence-corrected chi connectivity index (χ3v) is 2.29. The molecule has 61 valence electrons. The molecule has 1 aromatic carbocycles. The monoisotopic (exact) mass is 167 g/mol. The van der Waals surface area contributed by atoms with Crippen molar-refractivity contribution in [3.8, 4) is 0 Å². The highest BCUT2D eigenvalue weighted by Crippen LogP contribution is 2.34. The number of nitrogens with zero attached hydrogens (tertiary/aromatic N) is 2. The molecule has 1 aliphatic carbocycles. The van der Waals surface area contributed by atoms with Gasteiger partial charge in [-0.25, -0.2) is 10.3 Å². The Bertz CT molecular complexity index is 453. The first kappa shape index (κ1) is 6.66. The summed E-state index contributed by atoms with van der Waals surface area (Å²) in [5.74, 6) is 0. The van der Waals surface area contributed by atoms with Crippen molar-refractivity contribution in [2.75, 3.05) is 0 Å². The van der Waals surface area contributed by atoms with Crippen molar-refractivity contribution in [1.82, 2.24) is 5.32 Å². The Hall–Kier alpha value is -1.83. The summed E-state index contributed by atoms with van der Waals surface area (Å²) in [6.07, 6.45) is 5.54. The minimum absolute atomic E-state index is 1.02. The molecule has 2 nitrogen and oxygen atoms in total. The molecule has 13 heavy (non-hydrogen) atoms. The lowest BCUT2D eigenvalue weighted by molar-refractivity contribution is 1.19. The van der Waals surface area contributed by atoms with Crippen LogP contribution in [0.4, 0.5) is 0 Å². The largest absolute Gasteiger partial charge is 0.244 e. The van der Waals surface area contributed by atoms with Crippen LogP contribution >= 0.6 is 0 Å². The topological polar surface area (TPSA) is 26.5 Å². The Morgan fingerprint density at radius 1 is 1.08 bits per heavy atom. The van der Waals surface area contributed by atoms with Crippen LogP contribution < -0.4 is 5.32 Å². The summed E-state index contributed by atoms with van der Waals surface area (Å²) >= 11 is 0. The van der Waals surface area contributed by atoms with Crippen molar-refractivity contribution in [3.05, 3.63) is 47.3 Å². The van der Waals surface area contributed by atoms with E-state index in [0.717, 1.165) is 11.3 Å². The Morgan fingerprint density at radius 2 is 2.00 bits per heavy atom. The molecule has 0 atom stereocenters. The molecule has 2 aliphatic rings. The number of hydrogen-bond acceptors (Lipinski definition) is 1. The van der Waals surface area contributed by atoms with E-state index in [1.54, 1.807) is 6.34 Å². The lowest BCUT2D eigenvalue weighted by Crippen LogP contribution is -2.04. The molecule has 2 heteroatoms. The highest BCUT2D eigenvalue weighted by atomic mass is 15.0. The van der Waals surface area contributed by atoms with Gasteiger partial charge < -0.3 is 0 Å². The van der Waals surface area contributed by atoms with E-state index in [0.29, 0.717) is 0 Å². The van der Waals surface area contributed by atoms with Crippen LogP contribution in [0.25, 0.3) is 11.6 Å². The van der Waals surface area contributed by atoms with Crippen LogP contribution in [-0.4, -0.2) is 6.34 Å². The second kappa shape index (κ2) is 2.33. The van der Waals surface area contributed by atoms with Gasteiger partial charge in [-0.2, -0.15) is 0 Å². The van der Waals surface area contributed by atoms with Gasteiger partial charge in [0.1, 0.15) is 6.34 Å². The quantitative estimate of drug-likeness (QED) is 0.565. The lowest BCUT2D eigenvalue weighted by atomic mass is 10.1. The Kier molecular flexibility index (Phi) is 1.19. The second-order valence-corrected chi connectivity index (χ2v) is 3.05. The number of hydrogen-bond donors (Lipinski definition) is 0. The number of fused-ring (bicyclic) bond motifs is 3. The van der Waals surface area contributed by atoms with Crippen LogP contribution in [0.15, 0.2) is 41.2 Å². The van der Waals surface area contributed by atoms with E-state index in [-0.39, 0.29) is 0 Å². The molecule has 0 amide bonds. The second-order valence-electron chi connectivity index (χ2n) is 3.05. The van der Waals surface area contributed by atoms with Crippen LogP contribution in [0.1, 0.15) is 11.1 Å². The molecule has 0 fully saturated rings. The molecule has 1 aliphatic heterocycles. The van der Waals surface area contributed by atoms with Gasteiger partial charge in [0.2, 0.25) is 0 Å². The summed E-state index contributed by atoms with van der Waals surface area (Å²) in [4.78, 5) is 4.02. The van der Waals surface area contributed by atoms with E-state index in [4.69, 9.17) is 0 Å². The Balaban J connectivity index is 2.26. The maximum absolute atomic E-state index is 4.21. The molecule has 1 aromatic rings. The van der Waals surface area contributed by atoms with E-state index in [9.17, 15) is 0 Å². The molecule has 0 N–H and O–H groups in total. The van der Waals surface area contributed by atoms with Gasteiger partial charge in [0.05, 0.1) is 5.70 Å². The molecule has 0 saturated heterocycles. The lowest BCUT2D eigenvalue weighted by Gasteiger charge is -2.06. The summed E-state index contributed by atoms with van der Waals surface area (Å²) in [5, 5.41) is 4.21. The maximum Gasteiger partial charge on any atom is 0.116 e. The average Bonchev–Trinajstić information content (AvgIpc) is 2.56. The predicted octanol–water partition coefficient (Wildman–Crippen LogP) is 2.03. The highest BCUT2D eigenvalue weighted by molar-refractivity contribution is 5.97. The third kappa shape index (κ3) is 0.855. The SMILES string of the molecule is C1=NC=C2C(=Cc3ccccc32)[N]1. The fraction of sp³-hybridized carbons (Fsp3) is 0. The fourth-order valence-electron chi connectivity index (χ4n) is 1.68.